The number of methoxy groups -OCH3 is 1. The number of ether oxygens (including phenoxy) is 1. The molecule has 0 atom stereocenters. The summed E-state index contributed by atoms with van der Waals surface area (Å²) in [5.41, 5.74) is 3.15. The standard InChI is InChI=1S/C21H25N5O2S/c1-14-20(24-25-26(14)15-7-5-8-16(13-15)28-2)21(27)22-12-6-11-19-23-17-9-3-4-10-18(17)29-19/h5,7-8,13H,3-4,6,9-12H2,1-2H3,(H,22,27). The van der Waals surface area contributed by atoms with Crippen LogP contribution < -0.4 is 10.1 Å². The molecule has 0 radical (unpaired) electrons. The summed E-state index contributed by atoms with van der Waals surface area (Å²) < 4.78 is 6.90. The van der Waals surface area contributed by atoms with Crippen molar-refractivity contribution in [3.05, 3.63) is 51.2 Å². The van der Waals surface area contributed by atoms with Crippen molar-refractivity contribution in [1.82, 2.24) is 25.3 Å². The fraction of sp³-hybridized carbons (Fsp3) is 0.429. The maximum Gasteiger partial charge on any atom is 0.273 e. The van der Waals surface area contributed by atoms with Crippen molar-refractivity contribution in [2.75, 3.05) is 13.7 Å². The Balaban J connectivity index is 1.33. The number of hydrogen-bond donors (Lipinski definition) is 1. The number of benzene rings is 1. The van der Waals surface area contributed by atoms with E-state index in [4.69, 9.17) is 9.72 Å². The Hall–Kier alpha value is -2.74. The van der Waals surface area contributed by atoms with Crippen LogP contribution in [-0.4, -0.2) is 39.5 Å². The number of aryl methyl sites for hydroxylation is 3. The van der Waals surface area contributed by atoms with E-state index in [1.54, 1.807) is 11.8 Å². The molecule has 7 nitrogen and oxygen atoms in total. The number of rotatable bonds is 7. The van der Waals surface area contributed by atoms with Gasteiger partial charge < -0.3 is 10.1 Å². The van der Waals surface area contributed by atoms with Gasteiger partial charge in [-0.2, -0.15) is 0 Å². The van der Waals surface area contributed by atoms with Crippen molar-refractivity contribution in [2.45, 2.75) is 45.4 Å². The van der Waals surface area contributed by atoms with Gasteiger partial charge in [-0.1, -0.05) is 11.3 Å². The van der Waals surface area contributed by atoms with E-state index < -0.39 is 0 Å². The molecule has 0 unspecified atom stereocenters. The predicted molar refractivity (Wildman–Crippen MR) is 112 cm³/mol. The molecule has 0 fully saturated rings. The first kappa shape index (κ1) is 19.6. The number of carbonyl (C=O) groups is 1. The molecule has 0 saturated heterocycles. The number of fused-ring (bicyclic) bond motifs is 1. The third-order valence-electron chi connectivity index (χ3n) is 5.15. The summed E-state index contributed by atoms with van der Waals surface area (Å²) in [5.74, 6) is 0.530. The number of aromatic nitrogens is 4. The number of thiazole rings is 1. The Morgan fingerprint density at radius 1 is 1.31 bits per heavy atom. The van der Waals surface area contributed by atoms with E-state index >= 15 is 0 Å². The molecule has 1 amide bonds. The van der Waals surface area contributed by atoms with Gasteiger partial charge in [0.15, 0.2) is 5.69 Å². The van der Waals surface area contributed by atoms with E-state index in [1.165, 1.54) is 34.8 Å². The first-order chi connectivity index (χ1) is 14.2. The second-order valence-corrected chi connectivity index (χ2v) is 8.35. The summed E-state index contributed by atoms with van der Waals surface area (Å²) in [6, 6.07) is 7.50. The fourth-order valence-corrected chi connectivity index (χ4v) is 4.76. The normalized spacial score (nSPS) is 13.2. The van der Waals surface area contributed by atoms with Crippen molar-refractivity contribution in [3.8, 4) is 11.4 Å². The van der Waals surface area contributed by atoms with Crippen LogP contribution in [0, 0.1) is 6.92 Å². The Morgan fingerprint density at radius 2 is 2.17 bits per heavy atom. The summed E-state index contributed by atoms with van der Waals surface area (Å²) in [5, 5.41) is 12.4. The average Bonchev–Trinajstić information content (AvgIpc) is 3.34. The van der Waals surface area contributed by atoms with Crippen LogP contribution in [0.15, 0.2) is 24.3 Å². The summed E-state index contributed by atoms with van der Waals surface area (Å²) in [7, 11) is 1.62. The summed E-state index contributed by atoms with van der Waals surface area (Å²) in [6.45, 7) is 2.43. The molecular weight excluding hydrogens is 386 g/mol. The molecule has 0 bridgehead atoms. The van der Waals surface area contributed by atoms with Gasteiger partial charge in [0.05, 0.1) is 29.2 Å². The van der Waals surface area contributed by atoms with Gasteiger partial charge in [0.2, 0.25) is 0 Å². The van der Waals surface area contributed by atoms with E-state index in [9.17, 15) is 4.79 Å². The number of nitrogens with one attached hydrogen (secondary N) is 1. The number of hydrogen-bond acceptors (Lipinski definition) is 6. The lowest BCUT2D eigenvalue weighted by Crippen LogP contribution is -2.26. The lowest BCUT2D eigenvalue weighted by Gasteiger charge is -2.06. The van der Waals surface area contributed by atoms with Crippen molar-refractivity contribution in [3.63, 3.8) is 0 Å². The van der Waals surface area contributed by atoms with Crippen molar-refractivity contribution in [2.24, 2.45) is 0 Å². The summed E-state index contributed by atoms with van der Waals surface area (Å²) in [6.07, 6.45) is 6.58. The quantitative estimate of drug-likeness (QED) is 0.604. The van der Waals surface area contributed by atoms with E-state index in [0.29, 0.717) is 17.9 Å². The molecule has 0 aliphatic heterocycles. The monoisotopic (exact) mass is 411 g/mol. The van der Waals surface area contributed by atoms with Crippen LogP contribution in [0.3, 0.4) is 0 Å². The number of carbonyl (C=O) groups excluding carboxylic acids is 1. The van der Waals surface area contributed by atoms with E-state index in [-0.39, 0.29) is 5.91 Å². The van der Waals surface area contributed by atoms with Crippen LogP contribution in [0.2, 0.25) is 0 Å². The average molecular weight is 412 g/mol. The fourth-order valence-electron chi connectivity index (χ4n) is 3.56. The molecule has 29 heavy (non-hydrogen) atoms. The smallest absolute Gasteiger partial charge is 0.273 e. The second-order valence-electron chi connectivity index (χ2n) is 7.18. The van der Waals surface area contributed by atoms with Crippen LogP contribution in [0.25, 0.3) is 5.69 Å². The lowest BCUT2D eigenvalue weighted by atomic mass is 10.0. The largest absolute Gasteiger partial charge is 0.497 e. The second kappa shape index (κ2) is 8.73. The van der Waals surface area contributed by atoms with Gasteiger partial charge in [-0.15, -0.1) is 16.4 Å². The molecule has 1 aliphatic carbocycles. The lowest BCUT2D eigenvalue weighted by molar-refractivity contribution is 0.0947. The number of nitrogens with zero attached hydrogens (tertiary/aromatic N) is 4. The zero-order valence-corrected chi connectivity index (χ0v) is 17.6. The van der Waals surface area contributed by atoms with Crippen LogP contribution in [0.1, 0.15) is 51.0 Å². The molecule has 152 valence electrons. The van der Waals surface area contributed by atoms with Crippen LogP contribution in [0.5, 0.6) is 5.75 Å². The van der Waals surface area contributed by atoms with Gasteiger partial charge in [-0.3, -0.25) is 4.79 Å². The maximum atomic E-state index is 12.5. The highest BCUT2D eigenvalue weighted by Gasteiger charge is 2.18. The Kier molecular flexibility index (Phi) is 5.89. The van der Waals surface area contributed by atoms with Crippen LogP contribution >= 0.6 is 11.3 Å². The molecule has 0 spiro atoms. The van der Waals surface area contributed by atoms with Crippen molar-refractivity contribution in [1.29, 1.82) is 0 Å². The van der Waals surface area contributed by atoms with E-state index in [1.807, 2.05) is 42.5 Å². The topological polar surface area (TPSA) is 81.9 Å². The molecule has 4 rings (SSSR count). The highest BCUT2D eigenvalue weighted by atomic mass is 32.1. The third kappa shape index (κ3) is 4.32. The number of amides is 1. The molecule has 1 aromatic carbocycles. The highest BCUT2D eigenvalue weighted by molar-refractivity contribution is 7.11. The molecule has 2 heterocycles. The molecule has 2 aromatic heterocycles. The highest BCUT2D eigenvalue weighted by Crippen LogP contribution is 2.27. The minimum atomic E-state index is -0.199. The molecule has 0 saturated carbocycles. The SMILES string of the molecule is COc1cccc(-n2nnc(C(=O)NCCCc3nc4c(s3)CCCC4)c2C)c1. The molecule has 1 N–H and O–H groups in total. The first-order valence-electron chi connectivity index (χ1n) is 9.98. The Labute approximate surface area is 174 Å². The van der Waals surface area contributed by atoms with Gasteiger partial charge in [0.25, 0.3) is 5.91 Å². The Bertz CT molecular complexity index is 987. The first-order valence-corrected chi connectivity index (χ1v) is 10.8. The van der Waals surface area contributed by atoms with Gasteiger partial charge in [0, 0.05) is 23.9 Å². The molecule has 3 aromatic rings. The Morgan fingerprint density at radius 3 is 3.00 bits per heavy atom. The van der Waals surface area contributed by atoms with E-state index in [2.05, 4.69) is 15.6 Å². The van der Waals surface area contributed by atoms with Gasteiger partial charge in [0.1, 0.15) is 5.75 Å². The van der Waals surface area contributed by atoms with Crippen LogP contribution in [-0.2, 0) is 19.3 Å². The van der Waals surface area contributed by atoms with Gasteiger partial charge in [-0.25, -0.2) is 9.67 Å². The minimum absolute atomic E-state index is 0.199. The molecule has 8 heteroatoms. The summed E-state index contributed by atoms with van der Waals surface area (Å²) >= 11 is 1.84. The van der Waals surface area contributed by atoms with Crippen molar-refractivity contribution >= 4 is 17.2 Å². The zero-order chi connectivity index (χ0) is 20.2. The van der Waals surface area contributed by atoms with Gasteiger partial charge >= 0.3 is 0 Å². The summed E-state index contributed by atoms with van der Waals surface area (Å²) in [4.78, 5) is 18.8. The predicted octanol–water partition coefficient (Wildman–Crippen LogP) is 3.28. The zero-order valence-electron chi connectivity index (χ0n) is 16.8. The maximum absolute atomic E-state index is 12.5. The van der Waals surface area contributed by atoms with Gasteiger partial charge in [-0.05, 0) is 51.2 Å². The minimum Gasteiger partial charge on any atom is -0.497 e. The molecule has 1 aliphatic rings. The van der Waals surface area contributed by atoms with Crippen LogP contribution in [0.4, 0.5) is 0 Å². The third-order valence-corrected chi connectivity index (χ3v) is 6.37. The molecular formula is C21H25N5O2S. The van der Waals surface area contributed by atoms with E-state index in [0.717, 1.165) is 30.7 Å². The van der Waals surface area contributed by atoms with Crippen molar-refractivity contribution < 1.29 is 9.53 Å².